The molecule has 1 aliphatic carbocycles. The second kappa shape index (κ2) is 13.0. The lowest BCUT2D eigenvalue weighted by Crippen LogP contribution is -2.16. The minimum atomic E-state index is -0.108. The topological polar surface area (TPSA) is 8.17 Å². The fourth-order valence-electron chi connectivity index (χ4n) is 9.46. The zero-order chi connectivity index (χ0) is 38.1. The molecule has 1 heterocycles. The highest BCUT2D eigenvalue weighted by atomic mass is 15.1. The molecule has 0 amide bonds. The predicted molar refractivity (Wildman–Crippen MR) is 241 cm³/mol. The van der Waals surface area contributed by atoms with E-state index in [0.29, 0.717) is 0 Å². The number of aromatic nitrogens is 1. The van der Waals surface area contributed by atoms with Gasteiger partial charge in [-0.05, 0) is 116 Å². The molecule has 0 N–H and O–H groups in total. The molecule has 0 unspecified atom stereocenters. The second-order valence-corrected chi connectivity index (χ2v) is 15.7. The summed E-state index contributed by atoms with van der Waals surface area (Å²) >= 11 is 0. The smallest absolute Gasteiger partial charge is 0.0541 e. The maximum Gasteiger partial charge on any atom is 0.0541 e. The van der Waals surface area contributed by atoms with E-state index in [2.05, 4.69) is 230 Å². The van der Waals surface area contributed by atoms with Crippen molar-refractivity contribution in [2.75, 3.05) is 4.90 Å². The molecule has 0 saturated heterocycles. The van der Waals surface area contributed by atoms with Crippen LogP contribution >= 0.6 is 0 Å². The number of benzene rings is 9. The third kappa shape index (κ3) is 5.25. The molecule has 0 aliphatic heterocycles. The number of nitrogens with zero attached hydrogens (tertiary/aromatic N) is 2. The van der Waals surface area contributed by atoms with E-state index >= 15 is 0 Å². The number of para-hydroxylation sites is 2. The van der Waals surface area contributed by atoms with Crippen molar-refractivity contribution >= 4 is 49.6 Å². The van der Waals surface area contributed by atoms with E-state index in [1.165, 1.54) is 77.1 Å². The Kier molecular flexibility index (Phi) is 7.55. The minimum Gasteiger partial charge on any atom is -0.310 e. The maximum absolute atomic E-state index is 2.42. The van der Waals surface area contributed by atoms with Gasteiger partial charge in [-0.15, -0.1) is 0 Å². The molecule has 0 spiro atoms. The number of hydrogen-bond donors (Lipinski definition) is 0. The molecular formula is C55H40N2. The lowest BCUT2D eigenvalue weighted by Gasteiger charge is -2.28. The molecule has 2 heteroatoms. The van der Waals surface area contributed by atoms with Crippen molar-refractivity contribution in [2.45, 2.75) is 19.3 Å². The number of fused-ring (bicyclic) bond motifs is 7. The lowest BCUT2D eigenvalue weighted by molar-refractivity contribution is 0.660. The summed E-state index contributed by atoms with van der Waals surface area (Å²) in [7, 11) is 0. The summed E-state index contributed by atoms with van der Waals surface area (Å²) in [5.41, 5.74) is 17.1. The monoisotopic (exact) mass is 728 g/mol. The predicted octanol–water partition coefficient (Wildman–Crippen LogP) is 15.0. The first-order chi connectivity index (χ1) is 28.0. The Morgan fingerprint density at radius 3 is 1.56 bits per heavy atom. The minimum absolute atomic E-state index is 0.108. The zero-order valence-electron chi connectivity index (χ0n) is 32.0. The molecule has 1 aromatic heterocycles. The van der Waals surface area contributed by atoms with Gasteiger partial charge in [0, 0.05) is 38.9 Å². The third-order valence-electron chi connectivity index (χ3n) is 12.2. The largest absolute Gasteiger partial charge is 0.310 e. The molecule has 0 saturated carbocycles. The first kappa shape index (κ1) is 33.2. The van der Waals surface area contributed by atoms with Gasteiger partial charge in [-0.1, -0.05) is 159 Å². The zero-order valence-corrected chi connectivity index (χ0v) is 32.0. The van der Waals surface area contributed by atoms with Crippen LogP contribution in [0.15, 0.2) is 206 Å². The molecule has 10 aromatic rings. The van der Waals surface area contributed by atoms with E-state index in [9.17, 15) is 0 Å². The van der Waals surface area contributed by atoms with Gasteiger partial charge in [0.05, 0.1) is 11.0 Å². The van der Waals surface area contributed by atoms with Crippen molar-refractivity contribution < 1.29 is 0 Å². The van der Waals surface area contributed by atoms with Crippen molar-refractivity contribution in [2.24, 2.45) is 0 Å². The van der Waals surface area contributed by atoms with Gasteiger partial charge in [-0.25, -0.2) is 0 Å². The quantitative estimate of drug-likeness (QED) is 0.165. The molecule has 0 bridgehead atoms. The molecule has 0 atom stereocenters. The summed E-state index contributed by atoms with van der Waals surface area (Å²) in [6.45, 7) is 4.71. The lowest BCUT2D eigenvalue weighted by atomic mass is 9.82. The fourth-order valence-corrected chi connectivity index (χ4v) is 9.46. The van der Waals surface area contributed by atoms with Crippen LogP contribution in [-0.2, 0) is 5.41 Å². The Labute approximate surface area is 333 Å². The van der Waals surface area contributed by atoms with Gasteiger partial charge in [-0.3, -0.25) is 0 Å². The van der Waals surface area contributed by atoms with E-state index < -0.39 is 0 Å². The summed E-state index contributed by atoms with van der Waals surface area (Å²) in [5, 5.41) is 5.05. The van der Waals surface area contributed by atoms with E-state index in [4.69, 9.17) is 0 Å². The summed E-state index contributed by atoms with van der Waals surface area (Å²) in [6.07, 6.45) is 0. The van der Waals surface area contributed by atoms with E-state index in [0.717, 1.165) is 22.7 Å². The first-order valence-corrected chi connectivity index (χ1v) is 19.9. The highest BCUT2D eigenvalue weighted by Crippen LogP contribution is 2.51. The van der Waals surface area contributed by atoms with Crippen LogP contribution < -0.4 is 4.90 Å². The highest BCUT2D eigenvalue weighted by Gasteiger charge is 2.35. The van der Waals surface area contributed by atoms with Crippen molar-refractivity contribution in [1.29, 1.82) is 0 Å². The molecule has 0 fully saturated rings. The van der Waals surface area contributed by atoms with Gasteiger partial charge in [0.15, 0.2) is 0 Å². The molecule has 57 heavy (non-hydrogen) atoms. The van der Waals surface area contributed by atoms with Crippen molar-refractivity contribution in [1.82, 2.24) is 4.57 Å². The molecular weight excluding hydrogens is 689 g/mol. The van der Waals surface area contributed by atoms with Gasteiger partial charge in [0.2, 0.25) is 0 Å². The fraction of sp³-hybridized carbons (Fsp3) is 0.0545. The summed E-state index contributed by atoms with van der Waals surface area (Å²) in [4.78, 5) is 2.41. The molecule has 270 valence electrons. The van der Waals surface area contributed by atoms with E-state index in [1.807, 2.05) is 0 Å². The Morgan fingerprint density at radius 1 is 0.386 bits per heavy atom. The summed E-state index contributed by atoms with van der Waals surface area (Å²) < 4.78 is 2.39. The van der Waals surface area contributed by atoms with Gasteiger partial charge in [0.25, 0.3) is 0 Å². The Hall–Kier alpha value is -7.16. The van der Waals surface area contributed by atoms with Crippen LogP contribution in [0.25, 0.3) is 71.6 Å². The summed E-state index contributed by atoms with van der Waals surface area (Å²) in [5.74, 6) is 0. The van der Waals surface area contributed by atoms with Gasteiger partial charge in [0.1, 0.15) is 0 Å². The van der Waals surface area contributed by atoms with Crippen LogP contribution in [0.2, 0.25) is 0 Å². The normalized spacial score (nSPS) is 12.9. The second-order valence-electron chi connectivity index (χ2n) is 15.7. The van der Waals surface area contributed by atoms with Gasteiger partial charge < -0.3 is 9.47 Å². The Morgan fingerprint density at radius 2 is 0.895 bits per heavy atom. The Balaban J connectivity index is 1.05. The van der Waals surface area contributed by atoms with Crippen LogP contribution in [-0.4, -0.2) is 4.57 Å². The molecule has 11 rings (SSSR count). The third-order valence-corrected chi connectivity index (χ3v) is 12.2. The maximum atomic E-state index is 2.42. The summed E-state index contributed by atoms with van der Waals surface area (Å²) in [6, 6.07) is 75.6. The van der Waals surface area contributed by atoms with Crippen LogP contribution in [0.1, 0.15) is 25.0 Å². The van der Waals surface area contributed by atoms with Crippen LogP contribution in [0.4, 0.5) is 17.1 Å². The van der Waals surface area contributed by atoms with Crippen LogP contribution in [0.3, 0.4) is 0 Å². The number of rotatable bonds is 6. The first-order valence-electron chi connectivity index (χ1n) is 19.9. The van der Waals surface area contributed by atoms with Crippen LogP contribution in [0.5, 0.6) is 0 Å². The van der Waals surface area contributed by atoms with Gasteiger partial charge in [-0.2, -0.15) is 0 Å². The van der Waals surface area contributed by atoms with Crippen molar-refractivity contribution in [3.63, 3.8) is 0 Å². The van der Waals surface area contributed by atoms with E-state index in [1.54, 1.807) is 0 Å². The van der Waals surface area contributed by atoms with Crippen molar-refractivity contribution in [3.8, 4) is 39.1 Å². The van der Waals surface area contributed by atoms with Crippen molar-refractivity contribution in [3.05, 3.63) is 217 Å². The molecule has 1 aliphatic rings. The SMILES string of the molecule is CC1(C)c2ccccc2-c2ccc(N(c3ccc(-c4cccc5cccc(-c6ccccc6)c45)cc3)c3ccc(-n4c5ccccc5c5ccccc54)cc3)cc21. The average molecular weight is 729 g/mol. The molecule has 9 aromatic carbocycles. The van der Waals surface area contributed by atoms with E-state index in [-0.39, 0.29) is 5.41 Å². The number of hydrogen-bond acceptors (Lipinski definition) is 1. The molecule has 2 nitrogen and oxygen atoms in total. The molecule has 0 radical (unpaired) electrons. The van der Waals surface area contributed by atoms with Crippen LogP contribution in [0, 0.1) is 0 Å². The Bertz CT molecular complexity index is 3070. The highest BCUT2D eigenvalue weighted by molar-refractivity contribution is 6.09. The number of anilines is 3. The van der Waals surface area contributed by atoms with Gasteiger partial charge >= 0.3 is 0 Å². The standard InChI is InChI=1S/C55H40N2/c1-55(2)50-23-9-6-18-46(50)47-35-34-43(36-51(47)55)56(41-30-32-42(33-31-41)57-52-24-10-7-19-48(52)49-20-8-11-25-53(49)57)40-28-26-38(27-29-40)45-22-13-17-39-16-12-21-44(54(39)45)37-14-4-3-5-15-37/h3-36H,1-2H3. The average Bonchev–Trinajstić information content (AvgIpc) is 3.72.